The molecule has 1 aromatic rings. The Morgan fingerprint density at radius 1 is 1.69 bits per heavy atom. The van der Waals surface area contributed by atoms with Gasteiger partial charge in [-0.1, -0.05) is 13.0 Å². The first-order valence-corrected chi connectivity index (χ1v) is 4.00. The van der Waals surface area contributed by atoms with Gasteiger partial charge in [-0.2, -0.15) is 0 Å². The third kappa shape index (κ3) is 2.66. The number of rotatable bonds is 3. The van der Waals surface area contributed by atoms with Crippen molar-refractivity contribution in [1.82, 2.24) is 4.98 Å². The first-order chi connectivity index (χ1) is 6.24. The third-order valence-electron chi connectivity index (χ3n) is 1.60. The van der Waals surface area contributed by atoms with E-state index in [2.05, 4.69) is 4.98 Å². The Kier molecular flexibility index (Phi) is 3.14. The summed E-state index contributed by atoms with van der Waals surface area (Å²) in [5, 5.41) is 10.4. The van der Waals surface area contributed by atoms with Gasteiger partial charge in [0.2, 0.25) is 5.70 Å². The SMILES string of the molecule is CCC(=Cc1ccccn1)[N+](=O)[O-]. The van der Waals surface area contributed by atoms with Crippen molar-refractivity contribution in [3.63, 3.8) is 0 Å². The predicted octanol–water partition coefficient (Wildman–Crippen LogP) is 2.11. The van der Waals surface area contributed by atoms with Gasteiger partial charge in [0.15, 0.2) is 0 Å². The van der Waals surface area contributed by atoms with Crippen molar-refractivity contribution >= 4 is 6.08 Å². The largest absolute Gasteiger partial charge is 0.259 e. The van der Waals surface area contributed by atoms with Crippen LogP contribution in [0.1, 0.15) is 19.0 Å². The van der Waals surface area contributed by atoms with E-state index < -0.39 is 0 Å². The van der Waals surface area contributed by atoms with Crippen molar-refractivity contribution in [2.75, 3.05) is 0 Å². The second kappa shape index (κ2) is 4.35. The molecule has 0 fully saturated rings. The zero-order valence-corrected chi connectivity index (χ0v) is 7.30. The molecule has 0 saturated carbocycles. The van der Waals surface area contributed by atoms with Gasteiger partial charge < -0.3 is 0 Å². The van der Waals surface area contributed by atoms with Crippen LogP contribution in [0.4, 0.5) is 0 Å². The Bertz CT molecular complexity index is 320. The number of pyridine rings is 1. The van der Waals surface area contributed by atoms with E-state index in [0.717, 1.165) is 0 Å². The molecule has 0 aliphatic rings. The number of allylic oxidation sites excluding steroid dienone is 1. The van der Waals surface area contributed by atoms with Crippen molar-refractivity contribution in [2.45, 2.75) is 13.3 Å². The summed E-state index contributed by atoms with van der Waals surface area (Å²) in [6, 6.07) is 5.31. The maximum absolute atomic E-state index is 10.4. The predicted molar refractivity (Wildman–Crippen MR) is 49.5 cm³/mol. The van der Waals surface area contributed by atoms with Gasteiger partial charge in [0.25, 0.3) is 0 Å². The lowest BCUT2D eigenvalue weighted by atomic mass is 10.2. The molecule has 4 nitrogen and oxygen atoms in total. The highest BCUT2D eigenvalue weighted by Crippen LogP contribution is 2.07. The second-order valence-electron chi connectivity index (χ2n) is 2.50. The van der Waals surface area contributed by atoms with Crippen LogP contribution in [-0.4, -0.2) is 9.91 Å². The summed E-state index contributed by atoms with van der Waals surface area (Å²) in [7, 11) is 0. The van der Waals surface area contributed by atoms with Crippen LogP contribution in [0, 0.1) is 10.1 Å². The zero-order valence-electron chi connectivity index (χ0n) is 7.30. The Morgan fingerprint density at radius 2 is 2.46 bits per heavy atom. The summed E-state index contributed by atoms with van der Waals surface area (Å²) in [5.74, 6) is 0. The molecule has 0 radical (unpaired) electrons. The van der Waals surface area contributed by atoms with Gasteiger partial charge in [0, 0.05) is 18.7 Å². The monoisotopic (exact) mass is 178 g/mol. The topological polar surface area (TPSA) is 56.0 Å². The van der Waals surface area contributed by atoms with Crippen LogP contribution < -0.4 is 0 Å². The van der Waals surface area contributed by atoms with Gasteiger partial charge in [-0.3, -0.25) is 15.1 Å². The third-order valence-corrected chi connectivity index (χ3v) is 1.60. The molecule has 0 amide bonds. The van der Waals surface area contributed by atoms with Crippen LogP contribution in [0.25, 0.3) is 6.08 Å². The highest BCUT2D eigenvalue weighted by atomic mass is 16.6. The van der Waals surface area contributed by atoms with Crippen LogP contribution in [0.15, 0.2) is 30.1 Å². The van der Waals surface area contributed by atoms with E-state index in [1.165, 1.54) is 6.08 Å². The van der Waals surface area contributed by atoms with Crippen LogP contribution >= 0.6 is 0 Å². The number of hydrogen-bond donors (Lipinski definition) is 0. The quantitative estimate of drug-likeness (QED) is 0.526. The summed E-state index contributed by atoms with van der Waals surface area (Å²) in [6.45, 7) is 1.75. The lowest BCUT2D eigenvalue weighted by molar-refractivity contribution is -0.425. The smallest absolute Gasteiger partial charge is 0.248 e. The lowest BCUT2D eigenvalue weighted by Gasteiger charge is -1.93. The number of nitrogens with zero attached hydrogens (tertiary/aromatic N) is 2. The molecule has 0 aromatic carbocycles. The van der Waals surface area contributed by atoms with Gasteiger partial charge in [-0.15, -0.1) is 0 Å². The second-order valence-corrected chi connectivity index (χ2v) is 2.50. The average Bonchev–Trinajstić information content (AvgIpc) is 2.15. The molecular weight excluding hydrogens is 168 g/mol. The fraction of sp³-hybridized carbons (Fsp3) is 0.222. The van der Waals surface area contributed by atoms with Crippen molar-refractivity contribution in [3.8, 4) is 0 Å². The molecule has 68 valence electrons. The average molecular weight is 178 g/mol. The maximum atomic E-state index is 10.4. The van der Waals surface area contributed by atoms with Gasteiger partial charge in [-0.05, 0) is 12.1 Å². The minimum Gasteiger partial charge on any atom is -0.259 e. The Labute approximate surface area is 76.1 Å². The zero-order chi connectivity index (χ0) is 9.68. The molecule has 0 spiro atoms. The van der Waals surface area contributed by atoms with Gasteiger partial charge in [0.05, 0.1) is 10.6 Å². The van der Waals surface area contributed by atoms with E-state index in [1.54, 1.807) is 31.3 Å². The van der Waals surface area contributed by atoms with E-state index in [4.69, 9.17) is 0 Å². The molecule has 0 saturated heterocycles. The maximum Gasteiger partial charge on any atom is 0.248 e. The highest BCUT2D eigenvalue weighted by Gasteiger charge is 2.06. The van der Waals surface area contributed by atoms with E-state index in [0.29, 0.717) is 12.1 Å². The number of nitro groups is 1. The van der Waals surface area contributed by atoms with Crippen LogP contribution in [0.2, 0.25) is 0 Å². The lowest BCUT2D eigenvalue weighted by Crippen LogP contribution is -1.96. The molecule has 0 bridgehead atoms. The summed E-state index contributed by atoms with van der Waals surface area (Å²) in [4.78, 5) is 14.0. The molecule has 0 aliphatic carbocycles. The minimum absolute atomic E-state index is 0.179. The normalized spacial score (nSPS) is 11.3. The summed E-state index contributed by atoms with van der Waals surface area (Å²) >= 11 is 0. The summed E-state index contributed by atoms with van der Waals surface area (Å²) in [6.07, 6.45) is 3.50. The summed E-state index contributed by atoms with van der Waals surface area (Å²) < 4.78 is 0. The van der Waals surface area contributed by atoms with Crippen LogP contribution in [0.3, 0.4) is 0 Å². The summed E-state index contributed by atoms with van der Waals surface area (Å²) in [5.41, 5.74) is 0.801. The van der Waals surface area contributed by atoms with Crippen LogP contribution in [-0.2, 0) is 0 Å². The fourth-order valence-electron chi connectivity index (χ4n) is 0.916. The molecule has 13 heavy (non-hydrogen) atoms. The number of hydrogen-bond acceptors (Lipinski definition) is 3. The van der Waals surface area contributed by atoms with Crippen LogP contribution in [0.5, 0.6) is 0 Å². The molecule has 1 rings (SSSR count). The molecular formula is C9H10N2O2. The van der Waals surface area contributed by atoms with Crippen molar-refractivity contribution in [1.29, 1.82) is 0 Å². The van der Waals surface area contributed by atoms with E-state index in [-0.39, 0.29) is 10.6 Å². The molecule has 0 atom stereocenters. The molecule has 4 heteroatoms. The standard InChI is InChI=1S/C9H10N2O2/c1-2-9(11(12)13)7-8-5-3-4-6-10-8/h3-7H,2H2,1H3. The highest BCUT2D eigenvalue weighted by molar-refractivity contribution is 5.45. The van der Waals surface area contributed by atoms with Gasteiger partial charge in [0.1, 0.15) is 0 Å². The first-order valence-electron chi connectivity index (χ1n) is 4.00. The van der Waals surface area contributed by atoms with Gasteiger partial charge >= 0.3 is 0 Å². The van der Waals surface area contributed by atoms with E-state index >= 15 is 0 Å². The molecule has 0 N–H and O–H groups in total. The first kappa shape index (κ1) is 9.38. The Hall–Kier alpha value is -1.71. The van der Waals surface area contributed by atoms with Crippen molar-refractivity contribution in [2.24, 2.45) is 0 Å². The van der Waals surface area contributed by atoms with E-state index in [1.807, 2.05) is 0 Å². The Morgan fingerprint density at radius 3 is 2.92 bits per heavy atom. The molecule has 1 aromatic heterocycles. The molecule has 1 heterocycles. The molecule has 0 aliphatic heterocycles. The Balaban J connectivity index is 2.92. The molecule has 0 unspecified atom stereocenters. The van der Waals surface area contributed by atoms with Crippen molar-refractivity contribution in [3.05, 3.63) is 45.9 Å². The minimum atomic E-state index is -0.380. The van der Waals surface area contributed by atoms with E-state index in [9.17, 15) is 10.1 Å². The van der Waals surface area contributed by atoms with Gasteiger partial charge in [-0.25, -0.2) is 0 Å². The van der Waals surface area contributed by atoms with Crippen molar-refractivity contribution < 1.29 is 4.92 Å². The fourth-order valence-corrected chi connectivity index (χ4v) is 0.916. The number of aromatic nitrogens is 1.